The number of halogens is 1. The standard InChI is InChI=1S/C13H17ClN4OS/c1-18-9-16-17-13(18)20-11-4-3-10(12(14)7-11)8-15-5-6-19-2/h3-4,7,9,15H,5-6,8H2,1-2H3. The average Bonchev–Trinajstić information content (AvgIpc) is 2.82. The number of benzene rings is 1. The number of hydrogen-bond donors (Lipinski definition) is 1. The van der Waals surface area contributed by atoms with Gasteiger partial charge < -0.3 is 14.6 Å². The maximum atomic E-state index is 6.29. The molecular formula is C13H17ClN4OS. The second kappa shape index (κ2) is 7.64. The van der Waals surface area contributed by atoms with Crippen LogP contribution in [-0.2, 0) is 18.3 Å². The van der Waals surface area contributed by atoms with Crippen molar-refractivity contribution in [3.05, 3.63) is 35.1 Å². The van der Waals surface area contributed by atoms with Gasteiger partial charge in [-0.05, 0) is 29.5 Å². The molecule has 2 aromatic rings. The van der Waals surface area contributed by atoms with E-state index in [1.807, 2.05) is 29.8 Å². The summed E-state index contributed by atoms with van der Waals surface area (Å²) in [5.74, 6) is 0. The van der Waals surface area contributed by atoms with Crippen molar-refractivity contribution in [2.75, 3.05) is 20.3 Å². The quantitative estimate of drug-likeness (QED) is 0.795. The molecule has 7 heteroatoms. The second-order valence-electron chi connectivity index (χ2n) is 4.25. The number of ether oxygens (including phenoxy) is 1. The van der Waals surface area contributed by atoms with Gasteiger partial charge in [0.15, 0.2) is 5.16 Å². The summed E-state index contributed by atoms with van der Waals surface area (Å²) in [4.78, 5) is 1.05. The number of hydrogen-bond acceptors (Lipinski definition) is 5. The molecule has 1 heterocycles. The maximum absolute atomic E-state index is 6.29. The largest absolute Gasteiger partial charge is 0.383 e. The van der Waals surface area contributed by atoms with E-state index in [1.165, 1.54) is 0 Å². The van der Waals surface area contributed by atoms with Crippen LogP contribution in [-0.4, -0.2) is 35.0 Å². The molecule has 0 aliphatic rings. The van der Waals surface area contributed by atoms with Crippen LogP contribution in [0, 0.1) is 0 Å². The summed E-state index contributed by atoms with van der Waals surface area (Å²) < 4.78 is 6.86. The first-order valence-electron chi connectivity index (χ1n) is 6.20. The van der Waals surface area contributed by atoms with Gasteiger partial charge in [-0.3, -0.25) is 0 Å². The van der Waals surface area contributed by atoms with Crippen LogP contribution in [0.25, 0.3) is 0 Å². The Bertz CT molecular complexity index is 561. The van der Waals surface area contributed by atoms with Gasteiger partial charge in [-0.2, -0.15) is 0 Å². The zero-order valence-corrected chi connectivity index (χ0v) is 13.0. The molecule has 0 saturated carbocycles. The molecule has 0 aliphatic carbocycles. The minimum Gasteiger partial charge on any atom is -0.383 e. The summed E-state index contributed by atoms with van der Waals surface area (Å²) in [6.07, 6.45) is 1.68. The predicted molar refractivity (Wildman–Crippen MR) is 80.2 cm³/mol. The predicted octanol–water partition coefficient (Wildman–Crippen LogP) is 2.36. The van der Waals surface area contributed by atoms with E-state index < -0.39 is 0 Å². The van der Waals surface area contributed by atoms with Gasteiger partial charge in [-0.1, -0.05) is 17.7 Å². The highest BCUT2D eigenvalue weighted by molar-refractivity contribution is 7.99. The average molecular weight is 313 g/mol. The molecule has 1 aromatic carbocycles. The highest BCUT2D eigenvalue weighted by Crippen LogP contribution is 2.29. The molecule has 0 amide bonds. The molecule has 1 N–H and O–H groups in total. The van der Waals surface area contributed by atoms with E-state index in [0.717, 1.165) is 33.7 Å². The topological polar surface area (TPSA) is 52.0 Å². The lowest BCUT2D eigenvalue weighted by Gasteiger charge is -2.08. The number of aromatic nitrogens is 3. The normalized spacial score (nSPS) is 10.9. The van der Waals surface area contributed by atoms with Crippen LogP contribution >= 0.6 is 23.4 Å². The SMILES string of the molecule is COCCNCc1ccc(Sc2nncn2C)cc1Cl. The van der Waals surface area contributed by atoms with Crippen LogP contribution in [0.1, 0.15) is 5.56 Å². The van der Waals surface area contributed by atoms with Gasteiger partial charge in [0, 0.05) is 37.2 Å². The van der Waals surface area contributed by atoms with Crippen LogP contribution in [0.4, 0.5) is 0 Å². The van der Waals surface area contributed by atoms with Crippen LogP contribution in [0.3, 0.4) is 0 Å². The molecule has 0 aliphatic heterocycles. The lowest BCUT2D eigenvalue weighted by molar-refractivity contribution is 0.199. The van der Waals surface area contributed by atoms with Gasteiger partial charge >= 0.3 is 0 Å². The fourth-order valence-corrected chi connectivity index (χ4v) is 2.72. The van der Waals surface area contributed by atoms with Crippen LogP contribution < -0.4 is 5.32 Å². The molecule has 5 nitrogen and oxygen atoms in total. The summed E-state index contributed by atoms with van der Waals surface area (Å²) >= 11 is 7.83. The van der Waals surface area contributed by atoms with Crippen LogP contribution in [0.15, 0.2) is 34.6 Å². The van der Waals surface area contributed by atoms with E-state index in [4.69, 9.17) is 16.3 Å². The third-order valence-electron chi connectivity index (χ3n) is 2.70. The third-order valence-corrected chi connectivity index (χ3v) is 4.10. The van der Waals surface area contributed by atoms with Crippen molar-refractivity contribution in [2.45, 2.75) is 16.6 Å². The van der Waals surface area contributed by atoms with Crippen molar-refractivity contribution in [1.82, 2.24) is 20.1 Å². The molecule has 0 fully saturated rings. The molecule has 20 heavy (non-hydrogen) atoms. The number of nitrogens with one attached hydrogen (secondary N) is 1. The fourth-order valence-electron chi connectivity index (χ4n) is 1.60. The summed E-state index contributed by atoms with van der Waals surface area (Å²) in [6, 6.07) is 6.02. The van der Waals surface area contributed by atoms with Crippen LogP contribution in [0.2, 0.25) is 5.02 Å². The van der Waals surface area contributed by atoms with E-state index in [2.05, 4.69) is 15.5 Å². The lowest BCUT2D eigenvalue weighted by atomic mass is 10.2. The first kappa shape index (κ1) is 15.3. The maximum Gasteiger partial charge on any atom is 0.195 e. The number of aryl methyl sites for hydroxylation is 1. The van der Waals surface area contributed by atoms with Crippen molar-refractivity contribution in [2.24, 2.45) is 7.05 Å². The summed E-state index contributed by atoms with van der Waals surface area (Å²) in [7, 11) is 3.60. The molecule has 0 atom stereocenters. The zero-order chi connectivity index (χ0) is 14.4. The van der Waals surface area contributed by atoms with Gasteiger partial charge in [0.05, 0.1) is 6.61 Å². The Balaban J connectivity index is 1.97. The van der Waals surface area contributed by atoms with Crippen molar-refractivity contribution < 1.29 is 4.74 Å². The van der Waals surface area contributed by atoms with E-state index in [9.17, 15) is 0 Å². The molecule has 108 valence electrons. The zero-order valence-electron chi connectivity index (χ0n) is 11.5. The first-order chi connectivity index (χ1) is 9.70. The van der Waals surface area contributed by atoms with Gasteiger partial charge in [-0.25, -0.2) is 0 Å². The molecule has 0 spiro atoms. The summed E-state index contributed by atoms with van der Waals surface area (Å²) in [5, 5.41) is 12.8. The van der Waals surface area contributed by atoms with Gasteiger partial charge in [0.2, 0.25) is 0 Å². The molecule has 0 radical (unpaired) electrons. The van der Waals surface area contributed by atoms with E-state index in [1.54, 1.807) is 25.2 Å². The Morgan fingerprint density at radius 2 is 2.30 bits per heavy atom. The van der Waals surface area contributed by atoms with Gasteiger partial charge in [-0.15, -0.1) is 10.2 Å². The molecule has 0 unspecified atom stereocenters. The number of nitrogens with zero attached hydrogens (tertiary/aromatic N) is 3. The molecule has 1 aromatic heterocycles. The number of methoxy groups -OCH3 is 1. The fraction of sp³-hybridized carbons (Fsp3) is 0.385. The molecule has 0 saturated heterocycles. The number of rotatable bonds is 7. The van der Waals surface area contributed by atoms with E-state index in [0.29, 0.717) is 6.61 Å². The van der Waals surface area contributed by atoms with E-state index in [-0.39, 0.29) is 0 Å². The third kappa shape index (κ3) is 4.21. The molecule has 0 bridgehead atoms. The monoisotopic (exact) mass is 312 g/mol. The highest BCUT2D eigenvalue weighted by Gasteiger charge is 2.06. The molecule has 2 rings (SSSR count). The Kier molecular flexibility index (Phi) is 5.85. The lowest BCUT2D eigenvalue weighted by Crippen LogP contribution is -2.18. The highest BCUT2D eigenvalue weighted by atomic mass is 35.5. The minimum absolute atomic E-state index is 0.692. The van der Waals surface area contributed by atoms with Crippen molar-refractivity contribution in [1.29, 1.82) is 0 Å². The smallest absolute Gasteiger partial charge is 0.195 e. The van der Waals surface area contributed by atoms with E-state index >= 15 is 0 Å². The first-order valence-corrected chi connectivity index (χ1v) is 7.40. The Labute approximate surface area is 127 Å². The van der Waals surface area contributed by atoms with Crippen molar-refractivity contribution >= 4 is 23.4 Å². The Hall–Kier alpha value is -1.08. The van der Waals surface area contributed by atoms with Gasteiger partial charge in [0.25, 0.3) is 0 Å². The summed E-state index contributed by atoms with van der Waals surface area (Å²) in [6.45, 7) is 2.23. The second-order valence-corrected chi connectivity index (χ2v) is 5.70. The van der Waals surface area contributed by atoms with Crippen molar-refractivity contribution in [3.8, 4) is 0 Å². The minimum atomic E-state index is 0.692. The van der Waals surface area contributed by atoms with Crippen LogP contribution in [0.5, 0.6) is 0 Å². The van der Waals surface area contributed by atoms with Crippen molar-refractivity contribution in [3.63, 3.8) is 0 Å². The summed E-state index contributed by atoms with van der Waals surface area (Å²) in [5.41, 5.74) is 1.07. The van der Waals surface area contributed by atoms with Gasteiger partial charge in [0.1, 0.15) is 6.33 Å². The molecular weight excluding hydrogens is 296 g/mol. The Morgan fingerprint density at radius 1 is 1.45 bits per heavy atom. The Morgan fingerprint density at radius 3 is 2.95 bits per heavy atom.